The van der Waals surface area contributed by atoms with E-state index in [0.717, 1.165) is 27.8 Å². The zero-order chi connectivity index (χ0) is 31.1. The predicted molar refractivity (Wildman–Crippen MR) is 171 cm³/mol. The van der Waals surface area contributed by atoms with E-state index in [0.29, 0.717) is 18.5 Å². The third-order valence-electron chi connectivity index (χ3n) is 7.03. The highest BCUT2D eigenvalue weighted by molar-refractivity contribution is 7.92. The van der Waals surface area contributed by atoms with Gasteiger partial charge >= 0.3 is 0 Å². The summed E-state index contributed by atoms with van der Waals surface area (Å²) in [5.74, 6) is -0.421. The van der Waals surface area contributed by atoms with Gasteiger partial charge in [0.15, 0.2) is 0 Å². The lowest BCUT2D eigenvalue weighted by Crippen LogP contribution is -2.54. The van der Waals surface area contributed by atoms with Crippen molar-refractivity contribution in [2.24, 2.45) is 0 Å². The Hall–Kier alpha value is -3.65. The summed E-state index contributed by atoms with van der Waals surface area (Å²) < 4.78 is 26.9. The SMILES string of the molecule is Cc1ccc(CN(C(=O)CCCN(c2cc(C)ccc2C)S(C)(=O)=O)[C@@H](Cc2ccccc2)C(=O)NC(C)(C)C)cc1. The second-order valence-electron chi connectivity index (χ2n) is 12.2. The van der Waals surface area contributed by atoms with Gasteiger partial charge in [0.05, 0.1) is 11.9 Å². The maximum atomic E-state index is 14.0. The van der Waals surface area contributed by atoms with E-state index in [1.807, 2.05) is 114 Å². The van der Waals surface area contributed by atoms with Crippen molar-refractivity contribution in [2.75, 3.05) is 17.1 Å². The zero-order valence-corrected chi connectivity index (χ0v) is 26.8. The molecule has 0 fully saturated rings. The first-order valence-corrected chi connectivity index (χ1v) is 16.2. The summed E-state index contributed by atoms with van der Waals surface area (Å²) in [6.07, 6.45) is 1.95. The highest BCUT2D eigenvalue weighted by Gasteiger charge is 2.32. The van der Waals surface area contributed by atoms with Gasteiger partial charge < -0.3 is 10.2 Å². The van der Waals surface area contributed by atoms with Crippen LogP contribution in [0.3, 0.4) is 0 Å². The third kappa shape index (κ3) is 9.72. The van der Waals surface area contributed by atoms with Crippen molar-refractivity contribution in [3.8, 4) is 0 Å². The van der Waals surface area contributed by atoms with Crippen LogP contribution in [-0.4, -0.2) is 49.5 Å². The van der Waals surface area contributed by atoms with Gasteiger partial charge in [-0.3, -0.25) is 13.9 Å². The van der Waals surface area contributed by atoms with Gasteiger partial charge in [-0.15, -0.1) is 0 Å². The van der Waals surface area contributed by atoms with Gasteiger partial charge in [0, 0.05) is 31.5 Å². The fourth-order valence-electron chi connectivity index (χ4n) is 4.87. The molecule has 1 N–H and O–H groups in total. The van der Waals surface area contributed by atoms with E-state index in [9.17, 15) is 18.0 Å². The van der Waals surface area contributed by atoms with Crippen LogP contribution < -0.4 is 9.62 Å². The Kier molecular flexibility index (Phi) is 11.0. The van der Waals surface area contributed by atoms with Gasteiger partial charge in [-0.05, 0) is 76.3 Å². The molecule has 0 spiro atoms. The van der Waals surface area contributed by atoms with E-state index >= 15 is 0 Å². The van der Waals surface area contributed by atoms with E-state index in [4.69, 9.17) is 0 Å². The Balaban J connectivity index is 1.92. The Labute approximate surface area is 252 Å². The molecule has 42 heavy (non-hydrogen) atoms. The average Bonchev–Trinajstić information content (AvgIpc) is 2.90. The Bertz CT molecular complexity index is 1460. The molecule has 1 atom stereocenters. The molecule has 3 aromatic carbocycles. The van der Waals surface area contributed by atoms with Gasteiger partial charge in [-0.1, -0.05) is 72.3 Å². The number of amides is 2. The molecule has 2 amide bonds. The van der Waals surface area contributed by atoms with Crippen LogP contribution in [0.25, 0.3) is 0 Å². The number of anilines is 1. The van der Waals surface area contributed by atoms with Gasteiger partial charge in [0.25, 0.3) is 0 Å². The number of benzene rings is 3. The predicted octanol–water partition coefficient (Wildman–Crippen LogP) is 5.71. The highest BCUT2D eigenvalue weighted by Crippen LogP contribution is 2.25. The second kappa shape index (κ2) is 14.0. The molecule has 0 radical (unpaired) electrons. The molecule has 0 saturated carbocycles. The molecule has 0 aliphatic rings. The van der Waals surface area contributed by atoms with Crippen molar-refractivity contribution in [3.63, 3.8) is 0 Å². The number of rotatable bonds is 12. The smallest absolute Gasteiger partial charge is 0.243 e. The van der Waals surface area contributed by atoms with E-state index in [1.54, 1.807) is 4.90 Å². The fraction of sp³-hybridized carbons (Fsp3) is 0.412. The lowest BCUT2D eigenvalue weighted by atomic mass is 10.00. The van der Waals surface area contributed by atoms with Crippen LogP contribution in [0.2, 0.25) is 0 Å². The minimum Gasteiger partial charge on any atom is -0.350 e. The maximum absolute atomic E-state index is 14.0. The van der Waals surface area contributed by atoms with Crippen LogP contribution in [-0.2, 0) is 32.6 Å². The van der Waals surface area contributed by atoms with Crippen molar-refractivity contribution >= 4 is 27.5 Å². The summed E-state index contributed by atoms with van der Waals surface area (Å²) in [4.78, 5) is 29.4. The maximum Gasteiger partial charge on any atom is 0.243 e. The normalized spacial score (nSPS) is 12.5. The number of carbonyl (C=O) groups excluding carboxylic acids is 2. The molecule has 3 aromatic rings. The van der Waals surface area contributed by atoms with E-state index < -0.39 is 21.6 Å². The molecule has 3 rings (SSSR count). The van der Waals surface area contributed by atoms with Crippen molar-refractivity contribution in [2.45, 2.75) is 78.9 Å². The Morgan fingerprint density at radius 1 is 0.857 bits per heavy atom. The van der Waals surface area contributed by atoms with E-state index in [-0.39, 0.29) is 31.3 Å². The van der Waals surface area contributed by atoms with Crippen LogP contribution >= 0.6 is 0 Å². The standard InChI is InChI=1S/C34H45N3O4S/c1-25-16-19-29(20-17-25)24-36(31(33(39)35-34(4,5)6)23-28-12-9-8-10-13-28)32(38)14-11-21-37(42(7,40)41)30-22-26(2)15-18-27(30)3/h8-10,12-13,15-20,22,31H,11,14,21,23-24H2,1-7H3,(H,35,39)/t31-/m0/s1. The van der Waals surface area contributed by atoms with Gasteiger partial charge in [-0.25, -0.2) is 8.42 Å². The molecule has 226 valence electrons. The quantitative estimate of drug-likeness (QED) is 0.292. The number of hydrogen-bond acceptors (Lipinski definition) is 4. The number of sulfonamides is 1. The molecule has 0 aromatic heterocycles. The summed E-state index contributed by atoms with van der Waals surface area (Å²) in [5.41, 5.74) is 4.92. The first-order chi connectivity index (χ1) is 19.6. The summed E-state index contributed by atoms with van der Waals surface area (Å²) in [6.45, 7) is 12.0. The minimum absolute atomic E-state index is 0.0941. The van der Waals surface area contributed by atoms with Gasteiger partial charge in [0.1, 0.15) is 6.04 Å². The van der Waals surface area contributed by atoms with Crippen molar-refractivity contribution < 1.29 is 18.0 Å². The van der Waals surface area contributed by atoms with Crippen LogP contribution in [0.1, 0.15) is 61.4 Å². The molecule has 0 heterocycles. The highest BCUT2D eigenvalue weighted by atomic mass is 32.2. The van der Waals surface area contributed by atoms with Crippen LogP contribution in [0.4, 0.5) is 5.69 Å². The van der Waals surface area contributed by atoms with Crippen LogP contribution in [0, 0.1) is 20.8 Å². The second-order valence-corrected chi connectivity index (χ2v) is 14.1. The molecule has 0 saturated heterocycles. The third-order valence-corrected chi connectivity index (χ3v) is 8.21. The lowest BCUT2D eigenvalue weighted by Gasteiger charge is -2.34. The summed E-state index contributed by atoms with van der Waals surface area (Å²) >= 11 is 0. The van der Waals surface area contributed by atoms with E-state index in [1.165, 1.54) is 10.6 Å². The fourth-order valence-corrected chi connectivity index (χ4v) is 5.88. The average molecular weight is 592 g/mol. The largest absolute Gasteiger partial charge is 0.350 e. The molecule has 0 bridgehead atoms. The molecule has 7 nitrogen and oxygen atoms in total. The molecule has 0 aliphatic heterocycles. The first-order valence-electron chi connectivity index (χ1n) is 14.4. The van der Waals surface area contributed by atoms with E-state index in [2.05, 4.69) is 5.32 Å². The van der Waals surface area contributed by atoms with Crippen LogP contribution in [0.15, 0.2) is 72.8 Å². The Morgan fingerprint density at radius 2 is 1.48 bits per heavy atom. The molecular weight excluding hydrogens is 546 g/mol. The molecule has 0 unspecified atom stereocenters. The molecule has 0 aliphatic carbocycles. The van der Waals surface area contributed by atoms with Crippen LogP contribution in [0.5, 0.6) is 0 Å². The number of nitrogens with zero attached hydrogens (tertiary/aromatic N) is 2. The monoisotopic (exact) mass is 591 g/mol. The number of carbonyl (C=O) groups is 2. The van der Waals surface area contributed by atoms with Crippen molar-refractivity contribution in [1.29, 1.82) is 0 Å². The number of aryl methyl sites for hydroxylation is 3. The Morgan fingerprint density at radius 3 is 2.07 bits per heavy atom. The molecular formula is C34H45N3O4S. The topological polar surface area (TPSA) is 86.8 Å². The number of hydrogen-bond donors (Lipinski definition) is 1. The van der Waals surface area contributed by atoms with Crippen molar-refractivity contribution in [1.82, 2.24) is 10.2 Å². The van der Waals surface area contributed by atoms with Gasteiger partial charge in [-0.2, -0.15) is 0 Å². The lowest BCUT2D eigenvalue weighted by molar-refractivity contribution is -0.142. The summed E-state index contributed by atoms with van der Waals surface area (Å²) in [5, 5.41) is 3.08. The summed E-state index contributed by atoms with van der Waals surface area (Å²) in [7, 11) is -3.57. The minimum atomic E-state index is -3.57. The van der Waals surface area contributed by atoms with Gasteiger partial charge in [0.2, 0.25) is 21.8 Å². The first kappa shape index (κ1) is 32.9. The van der Waals surface area contributed by atoms with Crippen molar-refractivity contribution in [3.05, 3.63) is 101 Å². The summed E-state index contributed by atoms with van der Waals surface area (Å²) in [6, 6.07) is 22.6. The molecule has 8 heteroatoms. The number of nitrogens with one attached hydrogen (secondary N) is 1. The zero-order valence-electron chi connectivity index (χ0n) is 26.0.